The molecule has 1 unspecified atom stereocenters. The molecule has 2 heterocycles. The molecule has 0 radical (unpaired) electrons. The zero-order valence-electron chi connectivity index (χ0n) is 15.9. The van der Waals surface area contributed by atoms with Crippen molar-refractivity contribution in [2.45, 2.75) is 31.7 Å². The number of rotatable bonds is 5. The third-order valence-corrected chi connectivity index (χ3v) is 5.88. The molecule has 1 aromatic carbocycles. The molecule has 2 aromatic rings. The maximum atomic E-state index is 12.5. The number of hydrogen-bond donors (Lipinski definition) is 0. The van der Waals surface area contributed by atoms with Crippen LogP contribution in [0.1, 0.15) is 25.3 Å². The third kappa shape index (κ3) is 4.06. The van der Waals surface area contributed by atoms with Crippen molar-refractivity contribution in [2.24, 2.45) is 5.92 Å². The molecule has 1 aliphatic rings. The van der Waals surface area contributed by atoms with Crippen molar-refractivity contribution in [3.8, 4) is 11.5 Å². The van der Waals surface area contributed by atoms with Crippen molar-refractivity contribution >= 4 is 28.6 Å². The second kappa shape index (κ2) is 8.16. The molecule has 1 atom stereocenters. The number of hydrogen-bond acceptors (Lipinski definition) is 5. The minimum atomic E-state index is 0.204. The van der Waals surface area contributed by atoms with Crippen LogP contribution in [0.5, 0.6) is 11.5 Å². The average molecular weight is 375 g/mol. The van der Waals surface area contributed by atoms with Gasteiger partial charge in [0.2, 0.25) is 5.91 Å². The summed E-state index contributed by atoms with van der Waals surface area (Å²) in [5.74, 6) is 2.58. The molecular formula is C20H26N2O3S. The van der Waals surface area contributed by atoms with Crippen molar-refractivity contribution in [2.75, 3.05) is 33.1 Å². The number of carbonyl (C=O) groups excluding carboxylic acids is 1. The number of ether oxygens (including phenoxy) is 2. The number of likely N-dealkylation sites (tertiary alicyclic amines) is 1. The molecule has 6 heteroatoms. The fourth-order valence-electron chi connectivity index (χ4n) is 3.37. The first-order valence-electron chi connectivity index (χ1n) is 8.95. The Morgan fingerprint density at radius 1 is 1.27 bits per heavy atom. The quantitative estimate of drug-likeness (QED) is 0.743. The zero-order valence-corrected chi connectivity index (χ0v) is 16.7. The summed E-state index contributed by atoms with van der Waals surface area (Å²) in [4.78, 5) is 19.3. The summed E-state index contributed by atoms with van der Waals surface area (Å²) in [5.41, 5.74) is 1.91. The summed E-state index contributed by atoms with van der Waals surface area (Å²) in [6.45, 7) is 5.99. The second-order valence-corrected chi connectivity index (χ2v) is 7.85. The van der Waals surface area contributed by atoms with E-state index in [-0.39, 0.29) is 5.91 Å². The van der Waals surface area contributed by atoms with E-state index in [1.165, 1.54) is 18.2 Å². The third-order valence-electron chi connectivity index (χ3n) is 4.81. The van der Waals surface area contributed by atoms with Gasteiger partial charge in [0.05, 0.1) is 25.5 Å². The van der Waals surface area contributed by atoms with Gasteiger partial charge in [-0.05, 0) is 43.4 Å². The number of amides is 1. The summed E-state index contributed by atoms with van der Waals surface area (Å²) in [6, 6.07) is 5.90. The van der Waals surface area contributed by atoms with Gasteiger partial charge >= 0.3 is 0 Å². The van der Waals surface area contributed by atoms with Gasteiger partial charge < -0.3 is 14.4 Å². The van der Waals surface area contributed by atoms with Gasteiger partial charge in [-0.15, -0.1) is 0 Å². The lowest BCUT2D eigenvalue weighted by Gasteiger charge is -2.30. The van der Waals surface area contributed by atoms with E-state index in [1.54, 1.807) is 14.2 Å². The first-order valence-corrected chi connectivity index (χ1v) is 9.94. The van der Waals surface area contributed by atoms with E-state index in [1.807, 2.05) is 24.0 Å². The number of piperidine rings is 1. The predicted octanol–water partition coefficient (Wildman–Crippen LogP) is 3.91. The molecule has 0 spiro atoms. The molecule has 1 amide bonds. The van der Waals surface area contributed by atoms with Gasteiger partial charge in [-0.2, -0.15) is 0 Å². The van der Waals surface area contributed by atoms with Crippen LogP contribution in [0, 0.1) is 12.8 Å². The number of carbonyl (C=O) groups is 1. The van der Waals surface area contributed by atoms with Gasteiger partial charge in [0.25, 0.3) is 0 Å². The summed E-state index contributed by atoms with van der Waals surface area (Å²) in [5, 5.41) is 1.89. The number of thioether (sulfide) groups is 1. The number of methoxy groups -OCH3 is 2. The molecule has 1 saturated heterocycles. The van der Waals surface area contributed by atoms with E-state index in [0.717, 1.165) is 41.0 Å². The Labute approximate surface area is 159 Å². The Balaban J connectivity index is 1.77. The molecule has 1 aromatic heterocycles. The molecule has 0 N–H and O–H groups in total. The fraction of sp³-hybridized carbons (Fsp3) is 0.500. The molecule has 1 aliphatic heterocycles. The largest absolute Gasteiger partial charge is 0.493 e. The SMILES string of the molecule is COc1cc2cc(C)c(SCC(=O)N3CCCC(C)C3)nc2cc1OC. The van der Waals surface area contributed by atoms with Crippen LogP contribution in [0.15, 0.2) is 23.2 Å². The van der Waals surface area contributed by atoms with Gasteiger partial charge in [0, 0.05) is 24.5 Å². The molecular weight excluding hydrogens is 348 g/mol. The Morgan fingerprint density at radius 3 is 2.69 bits per heavy atom. The first-order chi connectivity index (χ1) is 12.5. The molecule has 1 fully saturated rings. The van der Waals surface area contributed by atoms with Crippen LogP contribution >= 0.6 is 11.8 Å². The number of benzene rings is 1. The molecule has 0 saturated carbocycles. The lowest BCUT2D eigenvalue weighted by atomic mass is 10.0. The summed E-state index contributed by atoms with van der Waals surface area (Å²) in [6.07, 6.45) is 2.32. The maximum absolute atomic E-state index is 12.5. The van der Waals surface area contributed by atoms with Crippen LogP contribution in [-0.4, -0.2) is 48.9 Å². The highest BCUT2D eigenvalue weighted by Crippen LogP contribution is 2.33. The lowest BCUT2D eigenvalue weighted by Crippen LogP contribution is -2.40. The van der Waals surface area contributed by atoms with Gasteiger partial charge in [-0.25, -0.2) is 4.98 Å². The minimum absolute atomic E-state index is 0.204. The van der Waals surface area contributed by atoms with Gasteiger partial charge in [-0.3, -0.25) is 4.79 Å². The molecule has 3 rings (SSSR count). The molecule has 26 heavy (non-hydrogen) atoms. The fourth-order valence-corrected chi connectivity index (χ4v) is 4.26. The number of aryl methyl sites for hydroxylation is 1. The average Bonchev–Trinajstić information content (AvgIpc) is 2.65. The van der Waals surface area contributed by atoms with Crippen LogP contribution in [0.2, 0.25) is 0 Å². The highest BCUT2D eigenvalue weighted by molar-refractivity contribution is 7.99. The van der Waals surface area contributed by atoms with E-state index >= 15 is 0 Å². The summed E-state index contributed by atoms with van der Waals surface area (Å²) < 4.78 is 10.7. The van der Waals surface area contributed by atoms with Crippen LogP contribution in [0.4, 0.5) is 0 Å². The molecule has 5 nitrogen and oxygen atoms in total. The summed E-state index contributed by atoms with van der Waals surface area (Å²) >= 11 is 1.51. The van der Waals surface area contributed by atoms with Crippen molar-refractivity contribution in [1.29, 1.82) is 0 Å². The Morgan fingerprint density at radius 2 is 2.00 bits per heavy atom. The van der Waals surface area contributed by atoms with Gasteiger partial charge in [-0.1, -0.05) is 18.7 Å². The maximum Gasteiger partial charge on any atom is 0.232 e. The van der Waals surface area contributed by atoms with E-state index in [0.29, 0.717) is 23.2 Å². The topological polar surface area (TPSA) is 51.7 Å². The van der Waals surface area contributed by atoms with E-state index in [2.05, 4.69) is 13.0 Å². The van der Waals surface area contributed by atoms with Crippen molar-refractivity contribution in [3.63, 3.8) is 0 Å². The molecule has 0 bridgehead atoms. The Kier molecular flexibility index (Phi) is 5.91. The van der Waals surface area contributed by atoms with Crippen LogP contribution < -0.4 is 9.47 Å². The second-order valence-electron chi connectivity index (χ2n) is 6.89. The standard InChI is InChI=1S/C20H26N2O3S/c1-13-6-5-7-22(11-13)19(23)12-26-20-14(2)8-15-9-17(24-3)18(25-4)10-16(15)21-20/h8-10,13H,5-7,11-12H2,1-4H3. The van der Waals surface area contributed by atoms with E-state index in [9.17, 15) is 4.79 Å². The number of nitrogens with zero attached hydrogens (tertiary/aromatic N) is 2. The van der Waals surface area contributed by atoms with Crippen molar-refractivity contribution < 1.29 is 14.3 Å². The Bertz CT molecular complexity index is 809. The molecule has 0 aliphatic carbocycles. The van der Waals surface area contributed by atoms with Crippen LogP contribution in [-0.2, 0) is 4.79 Å². The van der Waals surface area contributed by atoms with Gasteiger partial charge in [0.1, 0.15) is 5.03 Å². The smallest absolute Gasteiger partial charge is 0.232 e. The monoisotopic (exact) mass is 374 g/mol. The van der Waals surface area contributed by atoms with Gasteiger partial charge in [0.15, 0.2) is 11.5 Å². The van der Waals surface area contributed by atoms with Crippen LogP contribution in [0.3, 0.4) is 0 Å². The normalized spacial score (nSPS) is 17.4. The Hall–Kier alpha value is -1.95. The predicted molar refractivity (Wildman–Crippen MR) is 105 cm³/mol. The van der Waals surface area contributed by atoms with Crippen LogP contribution in [0.25, 0.3) is 10.9 Å². The first kappa shape index (κ1) is 18.8. The zero-order chi connectivity index (χ0) is 18.7. The summed E-state index contributed by atoms with van der Waals surface area (Å²) in [7, 11) is 3.24. The van der Waals surface area contributed by atoms with Crippen molar-refractivity contribution in [1.82, 2.24) is 9.88 Å². The number of fused-ring (bicyclic) bond motifs is 1. The molecule has 140 valence electrons. The number of aromatic nitrogens is 1. The van der Waals surface area contributed by atoms with Crippen molar-refractivity contribution in [3.05, 3.63) is 23.8 Å². The highest BCUT2D eigenvalue weighted by atomic mass is 32.2. The van der Waals surface area contributed by atoms with E-state index < -0.39 is 0 Å². The highest BCUT2D eigenvalue weighted by Gasteiger charge is 2.21. The lowest BCUT2D eigenvalue weighted by molar-refractivity contribution is -0.130. The number of pyridine rings is 1. The minimum Gasteiger partial charge on any atom is -0.493 e. The van der Waals surface area contributed by atoms with E-state index in [4.69, 9.17) is 14.5 Å².